The van der Waals surface area contributed by atoms with Gasteiger partial charge in [0, 0.05) is 73.8 Å². The van der Waals surface area contributed by atoms with Crippen LogP contribution in [0.15, 0.2) is 272 Å². The fourth-order valence-corrected chi connectivity index (χ4v) is 10.2. The van der Waals surface area contributed by atoms with Crippen molar-refractivity contribution in [3.63, 3.8) is 0 Å². The minimum Gasteiger partial charge on any atom is -0.454 e. The van der Waals surface area contributed by atoms with Crippen molar-refractivity contribution in [2.75, 3.05) is 9.80 Å². The van der Waals surface area contributed by atoms with Crippen LogP contribution in [0.4, 0.5) is 34.1 Å². The van der Waals surface area contributed by atoms with Gasteiger partial charge in [0.25, 0.3) is 0 Å². The largest absolute Gasteiger partial charge is 0.454 e. The molecule has 13 rings (SSSR count). The first-order valence-corrected chi connectivity index (χ1v) is 23.7. The first kappa shape index (κ1) is 40.8. The second kappa shape index (κ2) is 17.3. The van der Waals surface area contributed by atoms with Gasteiger partial charge in [-0.25, -0.2) is 0 Å². The Morgan fingerprint density at radius 1 is 0.343 bits per heavy atom. The highest BCUT2D eigenvalue weighted by Gasteiger charge is 2.25. The molecule has 0 bridgehead atoms. The molecule has 330 valence electrons. The molecule has 3 heterocycles. The molecule has 0 aliphatic carbocycles. The zero-order valence-electron chi connectivity index (χ0n) is 38.1. The standard InChI is InChI=1S/C65H44N4O/c1-5-17-45(18-6-1)47-29-33-52(34-30-47)68(53-35-31-48(32-36-53)46-19-7-2-8-20-46)56-42-49(41-55(43-56)67(50-21-9-3-10-22-50)54-37-39-66-40-38-54)59-44-60-57-25-13-15-27-61(57)69(51-23-11-4-12-24-51)64(60)65-63(59)58-26-14-16-28-62(58)70-65/h1-44H. The Kier molecular flexibility index (Phi) is 10.1. The average molecular weight is 897 g/mol. The first-order chi connectivity index (χ1) is 34.7. The number of rotatable bonds is 10. The minimum atomic E-state index is 0.842. The molecule has 0 saturated carbocycles. The Morgan fingerprint density at radius 2 is 0.814 bits per heavy atom. The molecule has 5 nitrogen and oxygen atoms in total. The summed E-state index contributed by atoms with van der Waals surface area (Å²) >= 11 is 0. The average Bonchev–Trinajstić information content (AvgIpc) is 3.99. The molecule has 0 amide bonds. The highest BCUT2D eigenvalue weighted by molar-refractivity contribution is 6.26. The van der Waals surface area contributed by atoms with Crippen molar-refractivity contribution >= 4 is 77.9 Å². The van der Waals surface area contributed by atoms with Gasteiger partial charge >= 0.3 is 0 Å². The molecule has 0 spiro atoms. The summed E-state index contributed by atoms with van der Waals surface area (Å²) in [7, 11) is 0. The van der Waals surface area contributed by atoms with Gasteiger partial charge in [-0.1, -0.05) is 158 Å². The van der Waals surface area contributed by atoms with Crippen molar-refractivity contribution in [3.05, 3.63) is 267 Å². The van der Waals surface area contributed by atoms with Gasteiger partial charge < -0.3 is 18.8 Å². The van der Waals surface area contributed by atoms with Crippen LogP contribution in [0.5, 0.6) is 0 Å². The van der Waals surface area contributed by atoms with Gasteiger partial charge in [0.05, 0.1) is 11.0 Å². The van der Waals surface area contributed by atoms with E-state index >= 15 is 0 Å². The van der Waals surface area contributed by atoms with Gasteiger partial charge in [-0.15, -0.1) is 0 Å². The maximum atomic E-state index is 7.10. The SMILES string of the molecule is c1ccc(-c2ccc(N(c3ccc(-c4ccccc4)cc3)c3cc(-c4cc5c6ccccc6n(-c6ccccc6)c5c5oc6ccccc6c45)cc(N(c4ccccc4)c4ccncc4)c3)cc2)cc1. The Balaban J connectivity index is 1.12. The van der Waals surface area contributed by atoms with E-state index in [1.807, 2.05) is 12.4 Å². The highest BCUT2D eigenvalue weighted by Crippen LogP contribution is 2.49. The van der Waals surface area contributed by atoms with Crippen LogP contribution in [0, 0.1) is 0 Å². The lowest BCUT2D eigenvalue weighted by molar-refractivity contribution is 0.671. The Labute approximate surface area is 406 Å². The van der Waals surface area contributed by atoms with Crippen LogP contribution in [-0.2, 0) is 0 Å². The third-order valence-electron chi connectivity index (χ3n) is 13.4. The van der Waals surface area contributed by atoms with Crippen LogP contribution in [0.1, 0.15) is 0 Å². The predicted octanol–water partition coefficient (Wildman–Crippen LogP) is 18.0. The van der Waals surface area contributed by atoms with Crippen LogP contribution < -0.4 is 9.80 Å². The molecule has 0 radical (unpaired) electrons. The van der Waals surface area contributed by atoms with E-state index in [1.54, 1.807) is 0 Å². The topological polar surface area (TPSA) is 37.4 Å². The molecule has 13 aromatic rings. The number of hydrogen-bond donors (Lipinski definition) is 0. The van der Waals surface area contributed by atoms with Crippen LogP contribution >= 0.6 is 0 Å². The molecule has 0 saturated heterocycles. The van der Waals surface area contributed by atoms with E-state index in [1.165, 1.54) is 11.1 Å². The van der Waals surface area contributed by atoms with Crippen molar-refractivity contribution in [2.45, 2.75) is 0 Å². The summed E-state index contributed by atoms with van der Waals surface area (Å²) in [6, 6.07) is 91.0. The number of anilines is 6. The van der Waals surface area contributed by atoms with Gasteiger partial charge in [0.2, 0.25) is 0 Å². The quantitative estimate of drug-likeness (QED) is 0.137. The zero-order chi connectivity index (χ0) is 46.4. The van der Waals surface area contributed by atoms with Crippen molar-refractivity contribution in [1.82, 2.24) is 9.55 Å². The Bertz CT molecular complexity index is 3840. The van der Waals surface area contributed by atoms with E-state index in [4.69, 9.17) is 4.42 Å². The van der Waals surface area contributed by atoms with Gasteiger partial charge in [-0.2, -0.15) is 0 Å². The summed E-state index contributed by atoms with van der Waals surface area (Å²) in [4.78, 5) is 9.16. The number of benzene rings is 10. The molecule has 0 atom stereocenters. The molecule has 0 aliphatic heterocycles. The van der Waals surface area contributed by atoms with E-state index in [9.17, 15) is 0 Å². The van der Waals surface area contributed by atoms with Gasteiger partial charge in [-0.3, -0.25) is 4.98 Å². The molecule has 5 heteroatoms. The Morgan fingerprint density at radius 3 is 1.41 bits per heavy atom. The van der Waals surface area contributed by atoms with Crippen LogP contribution in [0.2, 0.25) is 0 Å². The number of furan rings is 1. The number of nitrogens with zero attached hydrogens (tertiary/aromatic N) is 4. The zero-order valence-corrected chi connectivity index (χ0v) is 38.1. The van der Waals surface area contributed by atoms with Gasteiger partial charge in [0.15, 0.2) is 5.58 Å². The third-order valence-corrected chi connectivity index (χ3v) is 13.4. The lowest BCUT2D eigenvalue weighted by Gasteiger charge is -2.30. The molecule has 0 unspecified atom stereocenters. The van der Waals surface area contributed by atoms with E-state index < -0.39 is 0 Å². The molecular weight excluding hydrogens is 853 g/mol. The second-order valence-electron chi connectivity index (χ2n) is 17.6. The predicted molar refractivity (Wildman–Crippen MR) is 292 cm³/mol. The number of hydrogen-bond acceptors (Lipinski definition) is 4. The third kappa shape index (κ3) is 7.16. The van der Waals surface area contributed by atoms with Crippen LogP contribution in [0.3, 0.4) is 0 Å². The molecular formula is C65H44N4O. The molecule has 10 aromatic carbocycles. The van der Waals surface area contributed by atoms with Crippen molar-refractivity contribution in [3.8, 4) is 39.1 Å². The fourth-order valence-electron chi connectivity index (χ4n) is 10.2. The number of para-hydroxylation sites is 4. The molecule has 0 N–H and O–H groups in total. The van der Waals surface area contributed by atoms with E-state index in [0.29, 0.717) is 0 Å². The van der Waals surface area contributed by atoms with E-state index in [0.717, 1.165) is 106 Å². The summed E-state index contributed by atoms with van der Waals surface area (Å²) in [6.07, 6.45) is 3.73. The summed E-state index contributed by atoms with van der Waals surface area (Å²) in [5.41, 5.74) is 17.8. The Hall–Kier alpha value is -9.45. The summed E-state index contributed by atoms with van der Waals surface area (Å²) in [5.74, 6) is 0. The monoisotopic (exact) mass is 896 g/mol. The van der Waals surface area contributed by atoms with Crippen LogP contribution in [-0.4, -0.2) is 9.55 Å². The summed E-state index contributed by atoms with van der Waals surface area (Å²) in [5, 5.41) is 4.40. The molecule has 0 fully saturated rings. The number of fused-ring (bicyclic) bond motifs is 7. The molecule has 0 aliphatic rings. The van der Waals surface area contributed by atoms with Gasteiger partial charge in [0.1, 0.15) is 5.58 Å². The first-order valence-electron chi connectivity index (χ1n) is 23.7. The van der Waals surface area contributed by atoms with E-state index in [2.05, 4.69) is 274 Å². The smallest absolute Gasteiger partial charge is 0.160 e. The maximum Gasteiger partial charge on any atom is 0.160 e. The van der Waals surface area contributed by atoms with Crippen LogP contribution in [0.25, 0.3) is 82.8 Å². The van der Waals surface area contributed by atoms with Crippen molar-refractivity contribution in [1.29, 1.82) is 0 Å². The van der Waals surface area contributed by atoms with Crippen molar-refractivity contribution in [2.24, 2.45) is 0 Å². The highest BCUT2D eigenvalue weighted by atomic mass is 16.3. The normalized spacial score (nSPS) is 11.4. The lowest BCUT2D eigenvalue weighted by Crippen LogP contribution is -2.13. The van der Waals surface area contributed by atoms with Crippen molar-refractivity contribution < 1.29 is 4.42 Å². The fraction of sp³-hybridized carbons (Fsp3) is 0. The second-order valence-corrected chi connectivity index (χ2v) is 17.6. The summed E-state index contributed by atoms with van der Waals surface area (Å²) in [6.45, 7) is 0. The lowest BCUT2D eigenvalue weighted by atomic mass is 9.95. The number of aromatic nitrogens is 2. The molecule has 3 aromatic heterocycles. The maximum absolute atomic E-state index is 7.10. The summed E-state index contributed by atoms with van der Waals surface area (Å²) < 4.78 is 9.46. The number of pyridine rings is 1. The molecule has 70 heavy (non-hydrogen) atoms. The van der Waals surface area contributed by atoms with E-state index in [-0.39, 0.29) is 0 Å². The van der Waals surface area contributed by atoms with Gasteiger partial charge in [-0.05, 0) is 130 Å². The minimum absolute atomic E-state index is 0.842.